The smallest absolute Gasteiger partial charge is 0.128 e. The van der Waals surface area contributed by atoms with Crippen LogP contribution in [0.4, 0.5) is 20.2 Å². The molecule has 0 unspecified atom stereocenters. The van der Waals surface area contributed by atoms with Crippen molar-refractivity contribution in [1.29, 1.82) is 0 Å². The first kappa shape index (κ1) is 12.6. The van der Waals surface area contributed by atoms with Gasteiger partial charge in [0, 0.05) is 17.8 Å². The Hall–Kier alpha value is -1.81. The van der Waals surface area contributed by atoms with E-state index in [0.29, 0.717) is 16.4 Å². The Morgan fingerprint density at radius 1 is 1.11 bits per heavy atom. The van der Waals surface area contributed by atoms with Gasteiger partial charge in [0.25, 0.3) is 0 Å². The summed E-state index contributed by atoms with van der Waals surface area (Å²) in [6, 6.07) is 8.27. The average molecular weight is 269 g/mol. The van der Waals surface area contributed by atoms with Gasteiger partial charge in [0.05, 0.1) is 10.7 Å². The molecule has 3 N–H and O–H groups in total. The third-order valence-corrected chi connectivity index (χ3v) is 2.78. The van der Waals surface area contributed by atoms with Gasteiger partial charge >= 0.3 is 0 Å². The van der Waals surface area contributed by atoms with Crippen LogP contribution in [-0.2, 0) is 6.54 Å². The molecule has 18 heavy (non-hydrogen) atoms. The van der Waals surface area contributed by atoms with E-state index in [9.17, 15) is 8.78 Å². The Labute approximate surface area is 108 Å². The third-order valence-electron chi connectivity index (χ3n) is 2.47. The first-order valence-electron chi connectivity index (χ1n) is 5.29. The highest BCUT2D eigenvalue weighted by Crippen LogP contribution is 2.24. The Balaban J connectivity index is 2.13. The molecule has 0 saturated carbocycles. The molecule has 0 aliphatic carbocycles. The molecule has 2 nitrogen and oxygen atoms in total. The van der Waals surface area contributed by atoms with Gasteiger partial charge in [0.2, 0.25) is 0 Å². The van der Waals surface area contributed by atoms with Crippen LogP contribution in [0, 0.1) is 11.6 Å². The Kier molecular flexibility index (Phi) is 3.67. The first-order valence-corrected chi connectivity index (χ1v) is 5.67. The normalized spacial score (nSPS) is 10.4. The minimum Gasteiger partial charge on any atom is -0.399 e. The lowest BCUT2D eigenvalue weighted by atomic mass is 10.2. The van der Waals surface area contributed by atoms with Gasteiger partial charge in [-0.15, -0.1) is 0 Å². The van der Waals surface area contributed by atoms with Gasteiger partial charge in [-0.25, -0.2) is 8.78 Å². The summed E-state index contributed by atoms with van der Waals surface area (Å²) in [5, 5.41) is 3.37. The summed E-state index contributed by atoms with van der Waals surface area (Å²) in [5.74, 6) is -0.938. The monoisotopic (exact) mass is 268 g/mol. The zero-order valence-corrected chi connectivity index (χ0v) is 10.1. The fourth-order valence-electron chi connectivity index (χ4n) is 1.54. The van der Waals surface area contributed by atoms with E-state index < -0.39 is 11.6 Å². The number of nitrogens with two attached hydrogens (primary N) is 1. The topological polar surface area (TPSA) is 38.0 Å². The molecule has 0 spiro atoms. The minimum atomic E-state index is -0.475. The van der Waals surface area contributed by atoms with Gasteiger partial charge in [0.1, 0.15) is 11.6 Å². The van der Waals surface area contributed by atoms with Crippen molar-refractivity contribution in [3.05, 3.63) is 58.6 Å². The summed E-state index contributed by atoms with van der Waals surface area (Å²) >= 11 is 5.96. The molecular weight excluding hydrogens is 258 g/mol. The predicted octanol–water partition coefficient (Wildman–Crippen LogP) is 3.81. The van der Waals surface area contributed by atoms with Gasteiger partial charge in [-0.1, -0.05) is 11.6 Å². The van der Waals surface area contributed by atoms with Crippen molar-refractivity contribution in [3.63, 3.8) is 0 Å². The Bertz CT molecular complexity index is 573. The van der Waals surface area contributed by atoms with Gasteiger partial charge in [-0.2, -0.15) is 0 Å². The van der Waals surface area contributed by atoms with E-state index in [-0.39, 0.29) is 12.1 Å². The zero-order chi connectivity index (χ0) is 13.1. The molecule has 0 fully saturated rings. The summed E-state index contributed by atoms with van der Waals surface area (Å²) in [4.78, 5) is 0. The number of benzene rings is 2. The fourth-order valence-corrected chi connectivity index (χ4v) is 1.80. The number of hydrogen-bond donors (Lipinski definition) is 2. The van der Waals surface area contributed by atoms with E-state index in [0.717, 1.165) is 18.2 Å². The van der Waals surface area contributed by atoms with E-state index >= 15 is 0 Å². The van der Waals surface area contributed by atoms with Crippen LogP contribution >= 0.6 is 11.6 Å². The second-order valence-electron chi connectivity index (χ2n) is 3.83. The lowest BCUT2D eigenvalue weighted by Gasteiger charge is -2.09. The Morgan fingerprint density at radius 3 is 2.61 bits per heavy atom. The first-order chi connectivity index (χ1) is 8.56. The summed E-state index contributed by atoms with van der Waals surface area (Å²) in [5.41, 5.74) is 6.96. The molecule has 0 saturated heterocycles. The highest BCUT2D eigenvalue weighted by atomic mass is 35.5. The summed E-state index contributed by atoms with van der Waals surface area (Å²) in [6.45, 7) is 0.146. The zero-order valence-electron chi connectivity index (χ0n) is 9.38. The second kappa shape index (κ2) is 5.23. The molecule has 0 atom stereocenters. The number of anilines is 2. The SMILES string of the molecule is Nc1ccc(NCc2cc(F)ccc2F)c(Cl)c1. The van der Waals surface area contributed by atoms with Crippen molar-refractivity contribution in [2.75, 3.05) is 11.1 Å². The van der Waals surface area contributed by atoms with Crippen molar-refractivity contribution >= 4 is 23.0 Å². The lowest BCUT2D eigenvalue weighted by molar-refractivity contribution is 0.587. The van der Waals surface area contributed by atoms with E-state index in [2.05, 4.69) is 5.32 Å². The third kappa shape index (κ3) is 2.90. The van der Waals surface area contributed by atoms with E-state index in [1.807, 2.05) is 0 Å². The summed E-state index contributed by atoms with van der Waals surface area (Å²) in [6.07, 6.45) is 0. The maximum Gasteiger partial charge on any atom is 0.128 e. The van der Waals surface area contributed by atoms with E-state index in [4.69, 9.17) is 17.3 Å². The number of nitrogen functional groups attached to an aromatic ring is 1. The van der Waals surface area contributed by atoms with Crippen molar-refractivity contribution in [1.82, 2.24) is 0 Å². The molecule has 0 aliphatic rings. The number of nitrogens with one attached hydrogen (secondary N) is 1. The highest BCUT2D eigenvalue weighted by Gasteiger charge is 2.05. The van der Waals surface area contributed by atoms with Crippen molar-refractivity contribution in [2.24, 2.45) is 0 Å². The quantitative estimate of drug-likeness (QED) is 0.831. The fraction of sp³-hybridized carbons (Fsp3) is 0.0769. The predicted molar refractivity (Wildman–Crippen MR) is 69.5 cm³/mol. The number of halogens is 3. The van der Waals surface area contributed by atoms with Crippen LogP contribution in [0.3, 0.4) is 0 Å². The standard InChI is InChI=1S/C13H11ClF2N2/c14-11-6-10(17)2-4-13(11)18-7-8-5-9(15)1-3-12(8)16/h1-6,18H,7,17H2. The Morgan fingerprint density at radius 2 is 1.89 bits per heavy atom. The molecular formula is C13H11ClF2N2. The molecule has 5 heteroatoms. The summed E-state index contributed by atoms with van der Waals surface area (Å²) < 4.78 is 26.3. The maximum absolute atomic E-state index is 13.4. The van der Waals surface area contributed by atoms with Gasteiger partial charge in [-0.05, 0) is 36.4 Å². The molecule has 2 aromatic rings. The molecule has 2 aromatic carbocycles. The highest BCUT2D eigenvalue weighted by molar-refractivity contribution is 6.33. The lowest BCUT2D eigenvalue weighted by Crippen LogP contribution is -2.03. The number of rotatable bonds is 3. The van der Waals surface area contributed by atoms with E-state index in [1.165, 1.54) is 0 Å². The summed E-state index contributed by atoms with van der Waals surface area (Å²) in [7, 11) is 0. The molecule has 0 aromatic heterocycles. The van der Waals surface area contributed by atoms with Crippen molar-refractivity contribution in [3.8, 4) is 0 Å². The molecule has 2 rings (SSSR count). The van der Waals surface area contributed by atoms with Crippen LogP contribution in [0.15, 0.2) is 36.4 Å². The van der Waals surface area contributed by atoms with Gasteiger partial charge in [0.15, 0.2) is 0 Å². The van der Waals surface area contributed by atoms with Crippen LogP contribution < -0.4 is 11.1 Å². The van der Waals surface area contributed by atoms with Gasteiger partial charge in [-0.3, -0.25) is 0 Å². The van der Waals surface area contributed by atoms with E-state index in [1.54, 1.807) is 18.2 Å². The van der Waals surface area contributed by atoms with Crippen molar-refractivity contribution in [2.45, 2.75) is 6.54 Å². The van der Waals surface area contributed by atoms with Crippen LogP contribution in [0.2, 0.25) is 5.02 Å². The van der Waals surface area contributed by atoms with Gasteiger partial charge < -0.3 is 11.1 Å². The average Bonchev–Trinajstić information content (AvgIpc) is 2.32. The van der Waals surface area contributed by atoms with Crippen LogP contribution in [0.1, 0.15) is 5.56 Å². The molecule has 94 valence electrons. The second-order valence-corrected chi connectivity index (χ2v) is 4.24. The molecule has 0 aliphatic heterocycles. The largest absolute Gasteiger partial charge is 0.399 e. The molecule has 0 amide bonds. The molecule has 0 radical (unpaired) electrons. The van der Waals surface area contributed by atoms with Crippen LogP contribution in [0.5, 0.6) is 0 Å². The maximum atomic E-state index is 13.4. The van der Waals surface area contributed by atoms with Crippen LogP contribution in [0.25, 0.3) is 0 Å². The minimum absolute atomic E-state index is 0.146. The molecule has 0 bridgehead atoms. The van der Waals surface area contributed by atoms with Crippen LogP contribution in [-0.4, -0.2) is 0 Å². The van der Waals surface area contributed by atoms with Crippen molar-refractivity contribution < 1.29 is 8.78 Å². The number of hydrogen-bond acceptors (Lipinski definition) is 2. The molecule has 0 heterocycles.